The standard InChI is InChI=1S/C25H35N3O5S/c1-19(2)17-26-25(30)20(3)27(16-15-21-9-7-6-8-10-21)24(29)18-28(34(5,31)32)22-11-13-23(33-4)14-12-22/h6-14,19-20H,15-18H2,1-5H3,(H,26,30)/t20-/m1/s1. The van der Waals surface area contributed by atoms with Gasteiger partial charge in [0.2, 0.25) is 21.8 Å². The Morgan fingerprint density at radius 3 is 2.15 bits per heavy atom. The predicted octanol–water partition coefficient (Wildman–Crippen LogP) is 2.69. The fraction of sp³-hybridized carbons (Fsp3) is 0.440. The Morgan fingerprint density at radius 2 is 1.62 bits per heavy atom. The largest absolute Gasteiger partial charge is 0.497 e. The topological polar surface area (TPSA) is 96.0 Å². The second-order valence-corrected chi connectivity index (χ2v) is 10.5. The second kappa shape index (κ2) is 12.4. The van der Waals surface area contributed by atoms with E-state index >= 15 is 0 Å². The monoisotopic (exact) mass is 489 g/mol. The summed E-state index contributed by atoms with van der Waals surface area (Å²) in [5.74, 6) is 0.110. The van der Waals surface area contributed by atoms with Crippen LogP contribution in [0.5, 0.6) is 5.75 Å². The first kappa shape index (κ1) is 27.2. The van der Waals surface area contributed by atoms with E-state index in [1.54, 1.807) is 31.2 Å². The maximum atomic E-state index is 13.4. The summed E-state index contributed by atoms with van der Waals surface area (Å²) in [6, 6.07) is 15.3. The molecule has 9 heteroatoms. The summed E-state index contributed by atoms with van der Waals surface area (Å²) in [5.41, 5.74) is 1.36. The van der Waals surface area contributed by atoms with Crippen LogP contribution < -0.4 is 14.4 Å². The van der Waals surface area contributed by atoms with Crippen molar-refractivity contribution in [2.24, 2.45) is 5.92 Å². The lowest BCUT2D eigenvalue weighted by atomic mass is 10.1. The molecule has 8 nitrogen and oxygen atoms in total. The molecule has 0 heterocycles. The summed E-state index contributed by atoms with van der Waals surface area (Å²) in [6.45, 7) is 5.99. The van der Waals surface area contributed by atoms with Gasteiger partial charge in [0.25, 0.3) is 0 Å². The summed E-state index contributed by atoms with van der Waals surface area (Å²) in [6.07, 6.45) is 1.59. The number of hydrogen-bond acceptors (Lipinski definition) is 5. The highest BCUT2D eigenvalue weighted by Gasteiger charge is 2.29. The van der Waals surface area contributed by atoms with Gasteiger partial charge >= 0.3 is 0 Å². The van der Waals surface area contributed by atoms with Crippen molar-refractivity contribution in [1.29, 1.82) is 0 Å². The van der Waals surface area contributed by atoms with Crippen molar-refractivity contribution in [3.05, 3.63) is 60.2 Å². The highest BCUT2D eigenvalue weighted by molar-refractivity contribution is 7.92. The van der Waals surface area contributed by atoms with Gasteiger partial charge in [-0.1, -0.05) is 44.2 Å². The van der Waals surface area contributed by atoms with Crippen LogP contribution in [-0.4, -0.2) is 64.2 Å². The van der Waals surface area contributed by atoms with Gasteiger partial charge in [-0.15, -0.1) is 0 Å². The third kappa shape index (κ3) is 8.06. The minimum atomic E-state index is -3.76. The molecule has 2 aromatic carbocycles. The summed E-state index contributed by atoms with van der Waals surface area (Å²) < 4.78 is 31.3. The molecule has 0 aliphatic rings. The fourth-order valence-electron chi connectivity index (χ4n) is 3.38. The SMILES string of the molecule is COc1ccc(N(CC(=O)N(CCc2ccccc2)[C@H](C)C(=O)NCC(C)C)S(C)(=O)=O)cc1. The number of sulfonamides is 1. The molecular formula is C25H35N3O5S. The van der Waals surface area contributed by atoms with E-state index in [2.05, 4.69) is 5.32 Å². The third-order valence-electron chi connectivity index (χ3n) is 5.38. The first-order chi connectivity index (χ1) is 16.0. The minimum Gasteiger partial charge on any atom is -0.497 e. The number of amides is 2. The van der Waals surface area contributed by atoms with Crippen LogP contribution in [0.15, 0.2) is 54.6 Å². The van der Waals surface area contributed by atoms with Crippen molar-refractivity contribution >= 4 is 27.5 Å². The molecule has 0 saturated heterocycles. The van der Waals surface area contributed by atoms with E-state index < -0.39 is 28.5 Å². The van der Waals surface area contributed by atoms with Crippen LogP contribution in [0.3, 0.4) is 0 Å². The van der Waals surface area contributed by atoms with Crippen LogP contribution in [0.1, 0.15) is 26.3 Å². The van der Waals surface area contributed by atoms with E-state index in [9.17, 15) is 18.0 Å². The molecular weight excluding hydrogens is 454 g/mol. The highest BCUT2D eigenvalue weighted by Crippen LogP contribution is 2.22. The van der Waals surface area contributed by atoms with Crippen LogP contribution in [0.4, 0.5) is 5.69 Å². The predicted molar refractivity (Wildman–Crippen MR) is 134 cm³/mol. The Bertz CT molecular complexity index is 1040. The molecule has 1 N–H and O–H groups in total. The second-order valence-electron chi connectivity index (χ2n) is 8.61. The van der Waals surface area contributed by atoms with E-state index in [-0.39, 0.29) is 18.4 Å². The Kier molecular flexibility index (Phi) is 9.92. The summed E-state index contributed by atoms with van der Waals surface area (Å²) in [7, 11) is -2.24. The van der Waals surface area contributed by atoms with Gasteiger partial charge in [-0.25, -0.2) is 8.42 Å². The van der Waals surface area contributed by atoms with Crippen molar-refractivity contribution in [3.63, 3.8) is 0 Å². The number of nitrogens with one attached hydrogen (secondary N) is 1. The summed E-state index contributed by atoms with van der Waals surface area (Å²) in [5, 5.41) is 2.86. The Balaban J connectivity index is 2.28. The molecule has 0 fully saturated rings. The number of nitrogens with zero attached hydrogens (tertiary/aromatic N) is 2. The van der Waals surface area contributed by atoms with E-state index in [0.29, 0.717) is 24.4 Å². The fourth-order valence-corrected chi connectivity index (χ4v) is 4.23. The minimum absolute atomic E-state index is 0.264. The number of carbonyl (C=O) groups is 2. The van der Waals surface area contributed by atoms with Crippen LogP contribution >= 0.6 is 0 Å². The first-order valence-electron chi connectivity index (χ1n) is 11.3. The number of rotatable bonds is 12. The molecule has 0 unspecified atom stereocenters. The molecule has 2 rings (SSSR count). The average molecular weight is 490 g/mol. The van der Waals surface area contributed by atoms with Gasteiger partial charge in [0, 0.05) is 13.1 Å². The lowest BCUT2D eigenvalue weighted by Crippen LogP contribution is -2.52. The van der Waals surface area contributed by atoms with Crippen molar-refractivity contribution in [2.75, 3.05) is 37.3 Å². The number of anilines is 1. The maximum absolute atomic E-state index is 13.4. The molecule has 0 aromatic heterocycles. The van der Waals surface area contributed by atoms with E-state index in [4.69, 9.17) is 4.74 Å². The molecule has 2 amide bonds. The van der Waals surface area contributed by atoms with Crippen molar-refractivity contribution < 1.29 is 22.7 Å². The highest BCUT2D eigenvalue weighted by atomic mass is 32.2. The zero-order valence-corrected chi connectivity index (χ0v) is 21.3. The third-order valence-corrected chi connectivity index (χ3v) is 6.52. The van der Waals surface area contributed by atoms with Crippen molar-refractivity contribution in [2.45, 2.75) is 33.2 Å². The quantitative estimate of drug-likeness (QED) is 0.495. The van der Waals surface area contributed by atoms with Gasteiger partial charge in [0.05, 0.1) is 19.1 Å². The van der Waals surface area contributed by atoms with Gasteiger partial charge in [-0.3, -0.25) is 13.9 Å². The molecule has 0 saturated carbocycles. The molecule has 2 aromatic rings. The molecule has 186 valence electrons. The zero-order chi connectivity index (χ0) is 25.3. The normalized spacial score (nSPS) is 12.2. The number of carbonyl (C=O) groups excluding carboxylic acids is 2. The van der Waals surface area contributed by atoms with Crippen molar-refractivity contribution in [1.82, 2.24) is 10.2 Å². The van der Waals surface area contributed by atoms with E-state index in [1.807, 2.05) is 44.2 Å². The van der Waals surface area contributed by atoms with E-state index in [1.165, 1.54) is 12.0 Å². The summed E-state index contributed by atoms with van der Waals surface area (Å²) in [4.78, 5) is 27.6. The molecule has 34 heavy (non-hydrogen) atoms. The lowest BCUT2D eigenvalue weighted by molar-refractivity contribution is -0.138. The molecule has 0 bridgehead atoms. The van der Waals surface area contributed by atoms with Crippen LogP contribution in [0.2, 0.25) is 0 Å². The first-order valence-corrected chi connectivity index (χ1v) is 13.1. The van der Waals surface area contributed by atoms with Crippen LogP contribution in [0, 0.1) is 5.92 Å². The average Bonchev–Trinajstić information content (AvgIpc) is 2.81. The van der Waals surface area contributed by atoms with Gasteiger partial charge in [0.15, 0.2) is 0 Å². The molecule has 0 aliphatic carbocycles. The Hall–Kier alpha value is -3.07. The number of ether oxygens (including phenoxy) is 1. The maximum Gasteiger partial charge on any atom is 0.244 e. The number of hydrogen-bond donors (Lipinski definition) is 1. The number of benzene rings is 2. The number of methoxy groups -OCH3 is 1. The Labute approximate surface area is 202 Å². The molecule has 0 radical (unpaired) electrons. The Morgan fingerprint density at radius 1 is 1.00 bits per heavy atom. The molecule has 0 spiro atoms. The van der Waals surface area contributed by atoms with Gasteiger partial charge < -0.3 is 15.0 Å². The smallest absolute Gasteiger partial charge is 0.244 e. The van der Waals surface area contributed by atoms with Gasteiger partial charge in [-0.2, -0.15) is 0 Å². The van der Waals surface area contributed by atoms with E-state index in [0.717, 1.165) is 16.1 Å². The van der Waals surface area contributed by atoms with Gasteiger partial charge in [0.1, 0.15) is 18.3 Å². The molecule has 1 atom stereocenters. The zero-order valence-electron chi connectivity index (χ0n) is 20.5. The van der Waals surface area contributed by atoms with Crippen LogP contribution in [0.25, 0.3) is 0 Å². The lowest BCUT2D eigenvalue weighted by Gasteiger charge is -2.31. The van der Waals surface area contributed by atoms with Crippen molar-refractivity contribution in [3.8, 4) is 5.75 Å². The summed E-state index contributed by atoms with van der Waals surface area (Å²) >= 11 is 0. The van der Waals surface area contributed by atoms with Crippen LogP contribution in [-0.2, 0) is 26.0 Å². The molecule has 0 aliphatic heterocycles. The van der Waals surface area contributed by atoms with Gasteiger partial charge in [-0.05, 0) is 49.1 Å².